The van der Waals surface area contributed by atoms with E-state index >= 15 is 0 Å². The van der Waals surface area contributed by atoms with Gasteiger partial charge in [0.1, 0.15) is 17.0 Å². The molecule has 3 heterocycles. The molecule has 1 N–H and O–H groups in total. The van der Waals surface area contributed by atoms with Gasteiger partial charge in [-0.25, -0.2) is 9.97 Å². The summed E-state index contributed by atoms with van der Waals surface area (Å²) in [6.07, 6.45) is 3.95. The first kappa shape index (κ1) is 17.0. The summed E-state index contributed by atoms with van der Waals surface area (Å²) in [4.78, 5) is 26.0. The zero-order chi connectivity index (χ0) is 18.1. The van der Waals surface area contributed by atoms with Gasteiger partial charge in [-0.3, -0.25) is 4.79 Å². The number of rotatable bonds is 4. The summed E-state index contributed by atoms with van der Waals surface area (Å²) < 4.78 is 0. The molecule has 1 fully saturated rings. The van der Waals surface area contributed by atoms with Gasteiger partial charge in [0.2, 0.25) is 0 Å². The predicted molar refractivity (Wildman–Crippen MR) is 106 cm³/mol. The molecule has 26 heavy (non-hydrogen) atoms. The SMILES string of the molecule is Cc1ccc(CNC(=O)c2c(C)sc3ncnc(N4CCCC4)c23)cc1. The van der Waals surface area contributed by atoms with Gasteiger partial charge < -0.3 is 10.2 Å². The fraction of sp³-hybridized carbons (Fsp3) is 0.350. The van der Waals surface area contributed by atoms with Crippen molar-refractivity contribution < 1.29 is 4.79 Å². The number of aryl methyl sites for hydroxylation is 2. The molecule has 0 spiro atoms. The van der Waals surface area contributed by atoms with Crippen LogP contribution in [0.1, 0.15) is 39.2 Å². The Bertz CT molecular complexity index is 942. The summed E-state index contributed by atoms with van der Waals surface area (Å²) in [7, 11) is 0. The third-order valence-corrected chi connectivity index (χ3v) is 5.86. The number of carbonyl (C=O) groups is 1. The smallest absolute Gasteiger partial charge is 0.253 e. The molecule has 5 nitrogen and oxygen atoms in total. The van der Waals surface area contributed by atoms with Crippen molar-refractivity contribution in [2.24, 2.45) is 0 Å². The maximum atomic E-state index is 13.0. The molecule has 3 aromatic rings. The van der Waals surface area contributed by atoms with Crippen molar-refractivity contribution in [3.8, 4) is 0 Å². The molecule has 4 rings (SSSR count). The van der Waals surface area contributed by atoms with Crippen LogP contribution in [0.4, 0.5) is 5.82 Å². The fourth-order valence-electron chi connectivity index (χ4n) is 3.45. The largest absolute Gasteiger partial charge is 0.356 e. The molecule has 1 aliphatic rings. The van der Waals surface area contributed by atoms with E-state index in [1.165, 1.54) is 18.4 Å². The van der Waals surface area contributed by atoms with Crippen LogP contribution < -0.4 is 10.2 Å². The molecule has 2 aromatic heterocycles. The highest BCUT2D eigenvalue weighted by Gasteiger charge is 2.24. The lowest BCUT2D eigenvalue weighted by molar-refractivity contribution is 0.0952. The van der Waals surface area contributed by atoms with Crippen molar-refractivity contribution in [2.45, 2.75) is 33.2 Å². The van der Waals surface area contributed by atoms with E-state index in [0.717, 1.165) is 45.1 Å². The third-order valence-electron chi connectivity index (χ3n) is 4.85. The molecule has 134 valence electrons. The van der Waals surface area contributed by atoms with Crippen molar-refractivity contribution in [3.63, 3.8) is 0 Å². The number of nitrogens with zero attached hydrogens (tertiary/aromatic N) is 3. The van der Waals surface area contributed by atoms with Gasteiger partial charge >= 0.3 is 0 Å². The van der Waals surface area contributed by atoms with Crippen LogP contribution in [0.3, 0.4) is 0 Å². The van der Waals surface area contributed by atoms with Crippen LogP contribution in [0.15, 0.2) is 30.6 Å². The van der Waals surface area contributed by atoms with E-state index in [0.29, 0.717) is 6.54 Å². The molecule has 6 heteroatoms. The van der Waals surface area contributed by atoms with Crippen molar-refractivity contribution >= 4 is 33.3 Å². The Hall–Kier alpha value is -2.47. The third kappa shape index (κ3) is 3.17. The van der Waals surface area contributed by atoms with Crippen molar-refractivity contribution in [1.82, 2.24) is 15.3 Å². The average molecular weight is 366 g/mol. The first-order valence-electron chi connectivity index (χ1n) is 8.96. The van der Waals surface area contributed by atoms with Crippen LogP contribution in [0.2, 0.25) is 0 Å². The first-order chi connectivity index (χ1) is 12.6. The Labute approximate surface area is 157 Å². The molecule has 0 radical (unpaired) electrons. The summed E-state index contributed by atoms with van der Waals surface area (Å²) in [6, 6.07) is 8.22. The standard InChI is InChI=1S/C20H22N4OS/c1-13-5-7-15(8-6-13)11-21-19(25)16-14(2)26-20-17(16)18(22-12-23-20)24-9-3-4-10-24/h5-8,12H,3-4,9-11H2,1-2H3,(H,21,25). The Balaban J connectivity index is 1.65. The number of benzene rings is 1. The van der Waals surface area contributed by atoms with Crippen LogP contribution in [0.25, 0.3) is 10.2 Å². The van der Waals surface area contributed by atoms with E-state index in [4.69, 9.17) is 0 Å². The lowest BCUT2D eigenvalue weighted by atomic mass is 10.1. The van der Waals surface area contributed by atoms with Gasteiger partial charge in [-0.15, -0.1) is 11.3 Å². The second kappa shape index (κ2) is 7.03. The summed E-state index contributed by atoms with van der Waals surface area (Å²) in [5.41, 5.74) is 3.03. The van der Waals surface area contributed by atoms with E-state index < -0.39 is 0 Å². The van der Waals surface area contributed by atoms with E-state index in [-0.39, 0.29) is 5.91 Å². The number of anilines is 1. The lowest BCUT2D eigenvalue weighted by Gasteiger charge is -2.17. The van der Waals surface area contributed by atoms with E-state index in [9.17, 15) is 4.79 Å². The zero-order valence-corrected chi connectivity index (χ0v) is 15.9. The van der Waals surface area contributed by atoms with Gasteiger partial charge in [-0.2, -0.15) is 0 Å². The summed E-state index contributed by atoms with van der Waals surface area (Å²) in [5, 5.41) is 3.97. The maximum absolute atomic E-state index is 13.0. The van der Waals surface area contributed by atoms with Crippen molar-refractivity contribution in [2.75, 3.05) is 18.0 Å². The van der Waals surface area contributed by atoms with Gasteiger partial charge in [0.05, 0.1) is 10.9 Å². The van der Waals surface area contributed by atoms with Crippen LogP contribution in [-0.4, -0.2) is 29.0 Å². The Morgan fingerprint density at radius 1 is 1.15 bits per heavy atom. The van der Waals surface area contributed by atoms with Crippen molar-refractivity contribution in [1.29, 1.82) is 0 Å². The quantitative estimate of drug-likeness (QED) is 0.762. The molecule has 0 aliphatic carbocycles. The molecule has 1 amide bonds. The van der Waals surface area contributed by atoms with Crippen LogP contribution >= 0.6 is 11.3 Å². The monoisotopic (exact) mass is 366 g/mol. The highest BCUT2D eigenvalue weighted by atomic mass is 32.1. The molecule has 1 aliphatic heterocycles. The number of hydrogen-bond donors (Lipinski definition) is 1. The van der Waals surface area contributed by atoms with E-state index in [2.05, 4.69) is 39.2 Å². The summed E-state index contributed by atoms with van der Waals surface area (Å²) >= 11 is 1.57. The van der Waals surface area contributed by atoms with E-state index in [1.54, 1.807) is 17.7 Å². The molecule has 1 aromatic carbocycles. The summed E-state index contributed by atoms with van der Waals surface area (Å²) in [5.74, 6) is 0.849. The highest BCUT2D eigenvalue weighted by molar-refractivity contribution is 7.19. The molecular weight excluding hydrogens is 344 g/mol. The van der Waals surface area contributed by atoms with Gasteiger partial charge in [0.15, 0.2) is 0 Å². The molecule has 0 unspecified atom stereocenters. The number of carbonyl (C=O) groups excluding carboxylic acids is 1. The highest BCUT2D eigenvalue weighted by Crippen LogP contribution is 2.36. The van der Waals surface area contributed by atoms with Gasteiger partial charge in [-0.05, 0) is 32.3 Å². The Morgan fingerprint density at radius 3 is 2.62 bits per heavy atom. The second-order valence-corrected chi connectivity index (χ2v) is 7.98. The number of aromatic nitrogens is 2. The normalized spacial score (nSPS) is 14.2. The number of thiophene rings is 1. The number of hydrogen-bond acceptors (Lipinski definition) is 5. The fourth-order valence-corrected chi connectivity index (χ4v) is 4.43. The zero-order valence-electron chi connectivity index (χ0n) is 15.1. The minimum atomic E-state index is -0.0513. The topological polar surface area (TPSA) is 58.1 Å². The number of nitrogens with one attached hydrogen (secondary N) is 1. The minimum Gasteiger partial charge on any atom is -0.356 e. The first-order valence-corrected chi connectivity index (χ1v) is 9.78. The average Bonchev–Trinajstić information content (AvgIpc) is 3.27. The van der Waals surface area contributed by atoms with Gasteiger partial charge in [0.25, 0.3) is 5.91 Å². The van der Waals surface area contributed by atoms with E-state index in [1.807, 2.05) is 19.1 Å². The van der Waals surface area contributed by atoms with Gasteiger partial charge in [0, 0.05) is 24.5 Å². The maximum Gasteiger partial charge on any atom is 0.253 e. The Morgan fingerprint density at radius 2 is 1.88 bits per heavy atom. The Kier molecular flexibility index (Phi) is 4.59. The minimum absolute atomic E-state index is 0.0513. The van der Waals surface area contributed by atoms with Crippen LogP contribution in [0, 0.1) is 13.8 Å². The van der Waals surface area contributed by atoms with Crippen molar-refractivity contribution in [3.05, 3.63) is 52.2 Å². The second-order valence-electron chi connectivity index (χ2n) is 6.77. The lowest BCUT2D eigenvalue weighted by Crippen LogP contribution is -2.24. The number of fused-ring (bicyclic) bond motifs is 1. The molecule has 0 saturated carbocycles. The van der Waals surface area contributed by atoms with Crippen LogP contribution in [-0.2, 0) is 6.54 Å². The molecule has 0 atom stereocenters. The predicted octanol–water partition coefficient (Wildman–Crippen LogP) is 3.84. The molecular formula is C20H22N4OS. The van der Waals surface area contributed by atoms with Crippen LogP contribution in [0.5, 0.6) is 0 Å². The molecule has 1 saturated heterocycles. The number of amides is 1. The summed E-state index contributed by atoms with van der Waals surface area (Å²) in [6.45, 7) is 6.55. The molecule has 0 bridgehead atoms. The van der Waals surface area contributed by atoms with Gasteiger partial charge in [-0.1, -0.05) is 29.8 Å².